The van der Waals surface area contributed by atoms with E-state index < -0.39 is 15.7 Å². The standard InChI is InChI=1S/C24H32ClN7O4S/c1-18(33)27-24(5-7-26-28-24)22(34)30-11-9-29(10-12-30)14-19-3-4-20(25)13-21(19)31-8-6-23(15-31)16-32(17-23)37(2,35)36/h3-5,7,13H,6,8-12,14-17H2,1-2H3,(H,27,33). The fraction of sp³-hybridized carbons (Fsp3) is 0.583. The highest BCUT2D eigenvalue weighted by atomic mass is 35.5. The van der Waals surface area contributed by atoms with Gasteiger partial charge in [-0.25, -0.2) is 12.7 Å². The lowest BCUT2D eigenvalue weighted by Gasteiger charge is -2.46. The van der Waals surface area contributed by atoms with E-state index in [1.807, 2.05) is 12.1 Å². The molecule has 0 aromatic heterocycles. The zero-order valence-electron chi connectivity index (χ0n) is 21.1. The largest absolute Gasteiger partial charge is 0.371 e. The highest BCUT2D eigenvalue weighted by Gasteiger charge is 2.51. The first-order chi connectivity index (χ1) is 17.5. The Morgan fingerprint density at radius 3 is 2.46 bits per heavy atom. The maximum absolute atomic E-state index is 13.2. The van der Waals surface area contributed by atoms with E-state index in [0.717, 1.165) is 30.8 Å². The van der Waals surface area contributed by atoms with Crippen molar-refractivity contribution in [1.29, 1.82) is 0 Å². The number of hydrogen-bond donors (Lipinski definition) is 1. The molecule has 3 fully saturated rings. The second kappa shape index (κ2) is 9.64. The molecule has 37 heavy (non-hydrogen) atoms. The number of benzene rings is 1. The number of halogens is 1. The number of azo groups is 1. The van der Waals surface area contributed by atoms with Gasteiger partial charge in [0.05, 0.1) is 12.5 Å². The van der Waals surface area contributed by atoms with Crippen molar-refractivity contribution in [2.75, 3.05) is 63.5 Å². The first-order valence-electron chi connectivity index (χ1n) is 12.4. The van der Waals surface area contributed by atoms with Crippen LogP contribution in [0.1, 0.15) is 18.9 Å². The monoisotopic (exact) mass is 549 g/mol. The normalized spacial score (nSPS) is 25.6. The fourth-order valence-corrected chi connectivity index (χ4v) is 6.88. The summed E-state index contributed by atoms with van der Waals surface area (Å²) < 4.78 is 25.3. The lowest BCUT2D eigenvalue weighted by molar-refractivity contribution is -0.140. The molecule has 1 aromatic rings. The molecule has 1 unspecified atom stereocenters. The van der Waals surface area contributed by atoms with E-state index in [-0.39, 0.29) is 17.2 Å². The van der Waals surface area contributed by atoms with Crippen molar-refractivity contribution in [1.82, 2.24) is 19.4 Å². The first-order valence-corrected chi connectivity index (χ1v) is 14.6. The molecule has 11 nitrogen and oxygen atoms in total. The van der Waals surface area contributed by atoms with E-state index in [1.165, 1.54) is 25.5 Å². The van der Waals surface area contributed by atoms with Gasteiger partial charge in [0.25, 0.3) is 11.6 Å². The molecule has 1 spiro atoms. The third-order valence-corrected chi connectivity index (χ3v) is 9.09. The first kappa shape index (κ1) is 26.1. The van der Waals surface area contributed by atoms with Gasteiger partial charge in [-0.15, -0.1) is 5.11 Å². The molecule has 1 atom stereocenters. The fourth-order valence-electron chi connectivity index (χ4n) is 5.69. The summed E-state index contributed by atoms with van der Waals surface area (Å²) in [5.74, 6) is -0.625. The Bertz CT molecular complexity index is 1240. The zero-order valence-corrected chi connectivity index (χ0v) is 22.6. The molecule has 1 aromatic carbocycles. The van der Waals surface area contributed by atoms with E-state index >= 15 is 0 Å². The topological polar surface area (TPSA) is 118 Å². The minimum absolute atomic E-state index is 0.00451. The number of rotatable bonds is 6. The average Bonchev–Trinajstić information content (AvgIpc) is 3.47. The third-order valence-electron chi connectivity index (χ3n) is 7.66. The molecule has 2 amide bonds. The summed E-state index contributed by atoms with van der Waals surface area (Å²) in [7, 11) is -3.15. The maximum Gasteiger partial charge on any atom is 0.277 e. The van der Waals surface area contributed by atoms with Gasteiger partial charge in [-0.2, -0.15) is 5.11 Å². The number of anilines is 1. The lowest BCUT2D eigenvalue weighted by atomic mass is 9.81. The van der Waals surface area contributed by atoms with Gasteiger partial charge in [0.1, 0.15) is 0 Å². The Labute approximate surface area is 222 Å². The molecule has 0 saturated carbocycles. The van der Waals surface area contributed by atoms with Gasteiger partial charge in [-0.1, -0.05) is 17.7 Å². The SMILES string of the molecule is CC(=O)NC1(C(=O)N2CCN(Cc3ccc(Cl)cc3N3CCC4(C3)CN(S(C)(=O)=O)C4)CC2)C=CN=N1. The molecular formula is C24H32ClN7O4S. The smallest absolute Gasteiger partial charge is 0.277 e. The van der Waals surface area contributed by atoms with Crippen molar-refractivity contribution in [2.45, 2.75) is 25.6 Å². The predicted molar refractivity (Wildman–Crippen MR) is 140 cm³/mol. The van der Waals surface area contributed by atoms with E-state index in [9.17, 15) is 18.0 Å². The molecular weight excluding hydrogens is 518 g/mol. The molecule has 3 saturated heterocycles. The van der Waals surface area contributed by atoms with Crippen LogP contribution in [0.4, 0.5) is 5.69 Å². The maximum atomic E-state index is 13.2. The van der Waals surface area contributed by atoms with Crippen LogP contribution < -0.4 is 10.2 Å². The van der Waals surface area contributed by atoms with Crippen molar-refractivity contribution in [3.8, 4) is 0 Å². The van der Waals surface area contributed by atoms with Gasteiger partial charge < -0.3 is 15.1 Å². The van der Waals surface area contributed by atoms with Gasteiger partial charge in [0.15, 0.2) is 0 Å². The number of carbonyl (C=O) groups is 2. The average molecular weight is 550 g/mol. The molecule has 200 valence electrons. The van der Waals surface area contributed by atoms with Crippen LogP contribution in [-0.2, 0) is 26.2 Å². The summed E-state index contributed by atoms with van der Waals surface area (Å²) in [6.45, 7) is 7.27. The van der Waals surface area contributed by atoms with Crippen LogP contribution in [0.25, 0.3) is 0 Å². The Hall–Kier alpha value is -2.54. The number of nitrogens with zero attached hydrogens (tertiary/aromatic N) is 6. The van der Waals surface area contributed by atoms with Crippen molar-refractivity contribution in [2.24, 2.45) is 15.6 Å². The molecule has 4 aliphatic heterocycles. The second-order valence-corrected chi connectivity index (χ2v) is 12.9. The van der Waals surface area contributed by atoms with Crippen LogP contribution in [0.3, 0.4) is 0 Å². The third kappa shape index (κ3) is 5.25. The van der Waals surface area contributed by atoms with Crippen LogP contribution in [0.5, 0.6) is 0 Å². The number of carbonyl (C=O) groups excluding carboxylic acids is 2. The van der Waals surface area contributed by atoms with E-state index in [2.05, 4.69) is 31.4 Å². The number of nitrogens with one attached hydrogen (secondary N) is 1. The Morgan fingerprint density at radius 2 is 1.84 bits per heavy atom. The number of piperazine rings is 1. The van der Waals surface area contributed by atoms with Crippen LogP contribution in [0, 0.1) is 5.41 Å². The molecule has 0 bridgehead atoms. The van der Waals surface area contributed by atoms with Crippen molar-refractivity contribution >= 4 is 39.1 Å². The van der Waals surface area contributed by atoms with Crippen molar-refractivity contribution in [3.63, 3.8) is 0 Å². The summed E-state index contributed by atoms with van der Waals surface area (Å²) in [5, 5.41) is 11.1. The lowest BCUT2D eigenvalue weighted by Crippen LogP contribution is -2.60. The van der Waals surface area contributed by atoms with Crippen LogP contribution in [-0.4, -0.2) is 98.6 Å². The molecule has 0 aliphatic carbocycles. The van der Waals surface area contributed by atoms with Crippen molar-refractivity contribution < 1.29 is 18.0 Å². The van der Waals surface area contributed by atoms with Gasteiger partial charge in [-0.05, 0) is 30.2 Å². The highest BCUT2D eigenvalue weighted by Crippen LogP contribution is 2.43. The van der Waals surface area contributed by atoms with Crippen LogP contribution in [0.2, 0.25) is 5.02 Å². The van der Waals surface area contributed by atoms with Gasteiger partial charge in [0, 0.05) is 82.0 Å². The summed E-state index contributed by atoms with van der Waals surface area (Å²) in [5.41, 5.74) is 0.798. The Morgan fingerprint density at radius 1 is 1.11 bits per heavy atom. The molecule has 13 heteroatoms. The van der Waals surface area contributed by atoms with Gasteiger partial charge >= 0.3 is 0 Å². The number of sulfonamides is 1. The molecule has 4 heterocycles. The molecule has 4 aliphatic rings. The zero-order chi connectivity index (χ0) is 26.4. The summed E-state index contributed by atoms with van der Waals surface area (Å²) >= 11 is 6.38. The number of amides is 2. The Balaban J connectivity index is 1.22. The molecule has 0 radical (unpaired) electrons. The van der Waals surface area contributed by atoms with Crippen molar-refractivity contribution in [3.05, 3.63) is 41.1 Å². The minimum Gasteiger partial charge on any atom is -0.371 e. The van der Waals surface area contributed by atoms with Gasteiger partial charge in [-0.3, -0.25) is 14.5 Å². The van der Waals surface area contributed by atoms with Crippen LogP contribution >= 0.6 is 11.6 Å². The minimum atomic E-state index is -3.15. The Kier molecular flexibility index (Phi) is 6.80. The summed E-state index contributed by atoms with van der Waals surface area (Å²) in [4.78, 5) is 31.2. The van der Waals surface area contributed by atoms with Crippen LogP contribution in [0.15, 0.2) is 40.7 Å². The summed E-state index contributed by atoms with van der Waals surface area (Å²) in [6, 6.07) is 5.95. The predicted octanol–water partition coefficient (Wildman–Crippen LogP) is 1.27. The highest BCUT2D eigenvalue weighted by molar-refractivity contribution is 7.88. The van der Waals surface area contributed by atoms with E-state index in [0.29, 0.717) is 50.8 Å². The molecule has 5 rings (SSSR count). The van der Waals surface area contributed by atoms with Gasteiger partial charge in [0.2, 0.25) is 15.9 Å². The quantitative estimate of drug-likeness (QED) is 0.571. The number of hydrogen-bond acceptors (Lipinski definition) is 8. The van der Waals surface area contributed by atoms with E-state index in [1.54, 1.807) is 9.21 Å². The molecule has 1 N–H and O–H groups in total. The summed E-state index contributed by atoms with van der Waals surface area (Å²) in [6.07, 6.45) is 5.16. The van der Waals surface area contributed by atoms with E-state index in [4.69, 9.17) is 11.6 Å². The second-order valence-electron chi connectivity index (χ2n) is 10.5.